The standard InChI is InChI=1S/C15H31N3/c1-13(12-16)14(2)17-10-6-15(7-11-17)18-8-4-3-5-9-18/h13-15H,3-12,16H2,1-2H3. The maximum Gasteiger partial charge on any atom is 0.0120 e. The second kappa shape index (κ2) is 6.88. The van der Waals surface area contributed by atoms with Gasteiger partial charge in [0.25, 0.3) is 0 Å². The van der Waals surface area contributed by atoms with Crippen LogP contribution in [0.4, 0.5) is 0 Å². The van der Waals surface area contributed by atoms with Crippen molar-refractivity contribution in [2.45, 2.75) is 58.0 Å². The second-order valence-corrected chi connectivity index (χ2v) is 6.32. The van der Waals surface area contributed by atoms with Gasteiger partial charge in [0.1, 0.15) is 0 Å². The average molecular weight is 253 g/mol. The lowest BCUT2D eigenvalue weighted by molar-refractivity contribution is 0.0637. The van der Waals surface area contributed by atoms with Crippen LogP contribution in [-0.2, 0) is 0 Å². The van der Waals surface area contributed by atoms with Gasteiger partial charge in [-0.3, -0.25) is 0 Å². The molecule has 0 bridgehead atoms. The lowest BCUT2D eigenvalue weighted by Gasteiger charge is -2.43. The number of hydrogen-bond donors (Lipinski definition) is 1. The van der Waals surface area contributed by atoms with E-state index in [2.05, 4.69) is 23.6 Å². The number of piperidine rings is 2. The first-order valence-electron chi connectivity index (χ1n) is 7.90. The fraction of sp³-hybridized carbons (Fsp3) is 1.00. The molecule has 2 aliphatic rings. The SMILES string of the molecule is CC(CN)C(C)N1CCC(N2CCCCC2)CC1. The van der Waals surface area contributed by atoms with Gasteiger partial charge in [-0.2, -0.15) is 0 Å². The first-order valence-corrected chi connectivity index (χ1v) is 7.90. The molecule has 2 saturated heterocycles. The van der Waals surface area contributed by atoms with Gasteiger partial charge in [-0.05, 0) is 71.2 Å². The molecular weight excluding hydrogens is 222 g/mol. The first kappa shape index (κ1) is 14.3. The predicted molar refractivity (Wildman–Crippen MR) is 77.7 cm³/mol. The van der Waals surface area contributed by atoms with Gasteiger partial charge in [0.05, 0.1) is 0 Å². The summed E-state index contributed by atoms with van der Waals surface area (Å²) >= 11 is 0. The molecule has 3 nitrogen and oxygen atoms in total. The zero-order chi connectivity index (χ0) is 13.0. The lowest BCUT2D eigenvalue weighted by atomic mass is 9.95. The van der Waals surface area contributed by atoms with Crippen LogP contribution < -0.4 is 5.73 Å². The molecule has 2 aliphatic heterocycles. The highest BCUT2D eigenvalue weighted by Crippen LogP contribution is 2.23. The Balaban J connectivity index is 1.76. The zero-order valence-electron chi connectivity index (χ0n) is 12.3. The molecule has 0 amide bonds. The quantitative estimate of drug-likeness (QED) is 0.831. The molecule has 0 aromatic rings. The van der Waals surface area contributed by atoms with Gasteiger partial charge in [-0.15, -0.1) is 0 Å². The van der Waals surface area contributed by atoms with E-state index in [0.29, 0.717) is 12.0 Å². The molecule has 0 radical (unpaired) electrons. The Hall–Kier alpha value is -0.120. The summed E-state index contributed by atoms with van der Waals surface area (Å²) in [4.78, 5) is 5.40. The molecule has 2 fully saturated rings. The Morgan fingerprint density at radius 1 is 1.00 bits per heavy atom. The molecule has 0 saturated carbocycles. The third-order valence-electron chi connectivity index (χ3n) is 5.18. The van der Waals surface area contributed by atoms with Crippen molar-refractivity contribution >= 4 is 0 Å². The normalized spacial score (nSPS) is 28.2. The summed E-state index contributed by atoms with van der Waals surface area (Å²) in [6, 6.07) is 1.51. The number of likely N-dealkylation sites (tertiary alicyclic amines) is 2. The van der Waals surface area contributed by atoms with Gasteiger partial charge in [0, 0.05) is 12.1 Å². The minimum Gasteiger partial charge on any atom is -0.330 e. The fourth-order valence-corrected chi connectivity index (χ4v) is 3.50. The first-order chi connectivity index (χ1) is 8.72. The van der Waals surface area contributed by atoms with Crippen molar-refractivity contribution in [3.63, 3.8) is 0 Å². The Labute approximate surface area is 113 Å². The van der Waals surface area contributed by atoms with Gasteiger partial charge < -0.3 is 15.5 Å². The molecule has 18 heavy (non-hydrogen) atoms. The van der Waals surface area contributed by atoms with E-state index in [4.69, 9.17) is 5.73 Å². The van der Waals surface area contributed by atoms with Crippen molar-refractivity contribution in [2.24, 2.45) is 11.7 Å². The summed E-state index contributed by atoms with van der Waals surface area (Å²) in [6.07, 6.45) is 7.01. The van der Waals surface area contributed by atoms with E-state index >= 15 is 0 Å². The highest BCUT2D eigenvalue weighted by molar-refractivity contribution is 4.84. The van der Waals surface area contributed by atoms with Crippen LogP contribution in [0.3, 0.4) is 0 Å². The third-order valence-corrected chi connectivity index (χ3v) is 5.18. The van der Waals surface area contributed by atoms with Crippen LogP contribution in [0.1, 0.15) is 46.0 Å². The van der Waals surface area contributed by atoms with Crippen molar-refractivity contribution < 1.29 is 0 Å². The molecule has 2 rings (SSSR count). The van der Waals surface area contributed by atoms with Crippen LogP contribution in [0, 0.1) is 5.92 Å². The summed E-state index contributed by atoms with van der Waals surface area (Å²) in [5.74, 6) is 0.622. The molecule has 3 heteroatoms. The fourth-order valence-electron chi connectivity index (χ4n) is 3.50. The van der Waals surface area contributed by atoms with E-state index in [0.717, 1.165) is 12.6 Å². The van der Waals surface area contributed by atoms with Gasteiger partial charge in [0.15, 0.2) is 0 Å². The molecule has 2 heterocycles. The monoisotopic (exact) mass is 253 g/mol. The Morgan fingerprint density at radius 3 is 2.17 bits per heavy atom. The minimum atomic E-state index is 0.622. The molecule has 2 unspecified atom stereocenters. The number of nitrogens with zero attached hydrogens (tertiary/aromatic N) is 2. The van der Waals surface area contributed by atoms with Gasteiger partial charge in [0.2, 0.25) is 0 Å². The van der Waals surface area contributed by atoms with Crippen LogP contribution in [0.5, 0.6) is 0 Å². The topological polar surface area (TPSA) is 32.5 Å². The van der Waals surface area contributed by atoms with Crippen molar-refractivity contribution in [3.05, 3.63) is 0 Å². The number of rotatable bonds is 4. The maximum atomic E-state index is 5.79. The van der Waals surface area contributed by atoms with Gasteiger partial charge in [-0.1, -0.05) is 13.3 Å². The van der Waals surface area contributed by atoms with Crippen LogP contribution in [0.25, 0.3) is 0 Å². The molecular formula is C15H31N3. The molecule has 0 spiro atoms. The summed E-state index contributed by atoms with van der Waals surface area (Å²) in [7, 11) is 0. The minimum absolute atomic E-state index is 0.622. The van der Waals surface area contributed by atoms with Crippen molar-refractivity contribution in [1.82, 2.24) is 9.80 Å². The van der Waals surface area contributed by atoms with Crippen molar-refractivity contribution in [3.8, 4) is 0 Å². The lowest BCUT2D eigenvalue weighted by Crippen LogP contribution is -2.50. The van der Waals surface area contributed by atoms with Crippen molar-refractivity contribution in [2.75, 3.05) is 32.7 Å². The summed E-state index contributed by atoms with van der Waals surface area (Å²) in [6.45, 7) is 10.7. The van der Waals surface area contributed by atoms with E-state index in [1.807, 2.05) is 0 Å². The van der Waals surface area contributed by atoms with Crippen LogP contribution in [-0.4, -0.2) is 54.6 Å². The smallest absolute Gasteiger partial charge is 0.0120 e. The largest absolute Gasteiger partial charge is 0.330 e. The highest BCUT2D eigenvalue weighted by atomic mass is 15.2. The van der Waals surface area contributed by atoms with Crippen LogP contribution in [0.2, 0.25) is 0 Å². The average Bonchev–Trinajstić information content (AvgIpc) is 2.47. The Kier molecular flexibility index (Phi) is 5.46. The summed E-state index contributed by atoms with van der Waals surface area (Å²) in [5, 5.41) is 0. The molecule has 2 atom stereocenters. The molecule has 106 valence electrons. The van der Waals surface area contributed by atoms with E-state index in [1.165, 1.54) is 58.3 Å². The van der Waals surface area contributed by atoms with Gasteiger partial charge >= 0.3 is 0 Å². The number of hydrogen-bond acceptors (Lipinski definition) is 3. The Morgan fingerprint density at radius 2 is 1.61 bits per heavy atom. The zero-order valence-corrected chi connectivity index (χ0v) is 12.3. The van der Waals surface area contributed by atoms with E-state index in [9.17, 15) is 0 Å². The third kappa shape index (κ3) is 3.46. The van der Waals surface area contributed by atoms with Gasteiger partial charge in [-0.25, -0.2) is 0 Å². The number of nitrogens with two attached hydrogens (primary N) is 1. The molecule has 0 aliphatic carbocycles. The van der Waals surface area contributed by atoms with E-state index < -0.39 is 0 Å². The molecule has 0 aromatic carbocycles. The summed E-state index contributed by atoms with van der Waals surface area (Å²) in [5.41, 5.74) is 5.79. The summed E-state index contributed by atoms with van der Waals surface area (Å²) < 4.78 is 0. The maximum absolute atomic E-state index is 5.79. The predicted octanol–water partition coefficient (Wildman–Crippen LogP) is 1.92. The highest BCUT2D eigenvalue weighted by Gasteiger charge is 2.28. The van der Waals surface area contributed by atoms with Crippen LogP contribution in [0.15, 0.2) is 0 Å². The van der Waals surface area contributed by atoms with Crippen LogP contribution >= 0.6 is 0 Å². The van der Waals surface area contributed by atoms with E-state index in [1.54, 1.807) is 0 Å². The second-order valence-electron chi connectivity index (χ2n) is 6.32. The van der Waals surface area contributed by atoms with Crippen molar-refractivity contribution in [1.29, 1.82) is 0 Å². The molecule has 2 N–H and O–H groups in total. The molecule has 0 aromatic heterocycles. The Bertz CT molecular complexity index is 220. The van der Waals surface area contributed by atoms with E-state index in [-0.39, 0.29) is 0 Å².